The number of methoxy groups -OCH3 is 1. The second kappa shape index (κ2) is 11.4. The highest BCUT2D eigenvalue weighted by atomic mass is 32.2. The number of nitrogens with one attached hydrogen (secondary N) is 2. The summed E-state index contributed by atoms with van der Waals surface area (Å²) < 4.78 is 5.18. The van der Waals surface area contributed by atoms with E-state index in [4.69, 9.17) is 4.74 Å². The first-order valence-corrected chi connectivity index (χ1v) is 13.1. The molecule has 1 unspecified atom stereocenters. The molecular weight excluding hydrogens is 490 g/mol. The van der Waals surface area contributed by atoms with Crippen LogP contribution < -0.4 is 15.4 Å². The molecule has 36 heavy (non-hydrogen) atoms. The predicted octanol–water partition coefficient (Wildman–Crippen LogP) is 6.81. The van der Waals surface area contributed by atoms with Gasteiger partial charge in [-0.2, -0.15) is 0 Å². The molecule has 0 spiro atoms. The van der Waals surface area contributed by atoms with Gasteiger partial charge in [0.2, 0.25) is 5.91 Å². The zero-order valence-electron chi connectivity index (χ0n) is 20.5. The fourth-order valence-electron chi connectivity index (χ4n) is 3.48. The summed E-state index contributed by atoms with van der Waals surface area (Å²) in [6, 6.07) is 22.6. The van der Waals surface area contributed by atoms with E-state index in [-0.39, 0.29) is 17.1 Å². The zero-order chi connectivity index (χ0) is 25.7. The number of hydrogen-bond acceptors (Lipinski definition) is 6. The molecule has 4 aromatic rings. The molecule has 4 rings (SSSR count). The van der Waals surface area contributed by atoms with Crippen LogP contribution in [0.2, 0.25) is 0 Å². The van der Waals surface area contributed by atoms with Gasteiger partial charge in [0.05, 0.1) is 18.1 Å². The van der Waals surface area contributed by atoms with Crippen LogP contribution in [0.15, 0.2) is 77.7 Å². The molecule has 0 saturated heterocycles. The highest BCUT2D eigenvalue weighted by Crippen LogP contribution is 2.32. The minimum atomic E-state index is -0.325. The summed E-state index contributed by atoms with van der Waals surface area (Å²) >= 11 is 2.92. The van der Waals surface area contributed by atoms with Gasteiger partial charge in [-0.3, -0.25) is 9.59 Å². The molecule has 2 amide bonds. The van der Waals surface area contributed by atoms with E-state index in [1.54, 1.807) is 31.4 Å². The number of ether oxygens (including phenoxy) is 1. The van der Waals surface area contributed by atoms with Crippen LogP contribution in [0.1, 0.15) is 27.7 Å². The van der Waals surface area contributed by atoms with Crippen LogP contribution >= 0.6 is 23.1 Å². The molecule has 0 aliphatic carbocycles. The van der Waals surface area contributed by atoms with Crippen LogP contribution in [0.3, 0.4) is 0 Å². The lowest BCUT2D eigenvalue weighted by Gasteiger charge is -2.11. The van der Waals surface area contributed by atoms with Gasteiger partial charge in [0.1, 0.15) is 5.75 Å². The molecule has 0 aliphatic rings. The largest absolute Gasteiger partial charge is 0.497 e. The van der Waals surface area contributed by atoms with Crippen molar-refractivity contribution in [2.75, 3.05) is 17.7 Å². The van der Waals surface area contributed by atoms with E-state index < -0.39 is 0 Å². The average molecular weight is 518 g/mol. The molecule has 0 radical (unpaired) electrons. The molecule has 8 heteroatoms. The molecule has 184 valence electrons. The van der Waals surface area contributed by atoms with Gasteiger partial charge in [0.15, 0.2) is 5.13 Å². The molecule has 1 aromatic heterocycles. The summed E-state index contributed by atoms with van der Waals surface area (Å²) in [5.74, 6) is 0.298. The highest BCUT2D eigenvalue weighted by molar-refractivity contribution is 8.00. The van der Waals surface area contributed by atoms with Gasteiger partial charge in [-0.25, -0.2) is 4.98 Å². The Kier molecular flexibility index (Phi) is 8.07. The van der Waals surface area contributed by atoms with Crippen molar-refractivity contribution < 1.29 is 14.3 Å². The Labute approximate surface area is 219 Å². The normalized spacial score (nSPS) is 11.6. The Morgan fingerprint density at radius 1 is 0.972 bits per heavy atom. The van der Waals surface area contributed by atoms with Crippen molar-refractivity contribution in [3.8, 4) is 17.0 Å². The number of benzene rings is 3. The molecule has 3 aromatic carbocycles. The highest BCUT2D eigenvalue weighted by Gasteiger charge is 2.18. The number of carbonyl (C=O) groups excluding carboxylic acids is 2. The third kappa shape index (κ3) is 6.33. The van der Waals surface area contributed by atoms with Gasteiger partial charge in [0, 0.05) is 26.6 Å². The quantitative estimate of drug-likeness (QED) is 0.251. The van der Waals surface area contributed by atoms with Crippen molar-refractivity contribution in [3.05, 3.63) is 88.8 Å². The van der Waals surface area contributed by atoms with Crippen molar-refractivity contribution in [1.29, 1.82) is 0 Å². The number of anilines is 2. The summed E-state index contributed by atoms with van der Waals surface area (Å²) in [5.41, 5.74) is 4.31. The average Bonchev–Trinajstić information content (AvgIpc) is 3.25. The maximum atomic E-state index is 12.8. The number of hydrogen-bond donors (Lipinski definition) is 2. The Morgan fingerprint density at radius 3 is 2.39 bits per heavy atom. The zero-order valence-corrected chi connectivity index (χ0v) is 22.1. The standard InChI is InChI=1S/C28H27N3O3S2/c1-17-8-10-20(11-9-17)25-18(2)36-28(30-25)31-26(32)19(3)35-24-14-12-22(13-15-24)29-27(33)21-6-5-7-23(16-21)34-4/h5-16,19H,1-4H3,(H,29,33)(H,30,31,32). The van der Waals surface area contributed by atoms with Gasteiger partial charge in [-0.1, -0.05) is 35.9 Å². The lowest BCUT2D eigenvalue weighted by Crippen LogP contribution is -2.22. The second-order valence-corrected chi connectivity index (χ2v) is 10.9. The van der Waals surface area contributed by atoms with Crippen LogP contribution in [-0.4, -0.2) is 29.2 Å². The van der Waals surface area contributed by atoms with Crippen molar-refractivity contribution in [2.24, 2.45) is 0 Å². The smallest absolute Gasteiger partial charge is 0.255 e. The molecule has 0 fully saturated rings. The van der Waals surface area contributed by atoms with Gasteiger partial charge >= 0.3 is 0 Å². The van der Waals surface area contributed by atoms with Crippen LogP contribution in [0.4, 0.5) is 10.8 Å². The Balaban J connectivity index is 1.34. The third-order valence-corrected chi connectivity index (χ3v) is 7.48. The summed E-state index contributed by atoms with van der Waals surface area (Å²) in [6.45, 7) is 5.92. The monoisotopic (exact) mass is 517 g/mol. The first-order chi connectivity index (χ1) is 17.3. The van der Waals surface area contributed by atoms with Crippen LogP contribution in [-0.2, 0) is 4.79 Å². The number of thiazole rings is 1. The summed E-state index contributed by atoms with van der Waals surface area (Å²) in [7, 11) is 1.56. The van der Waals surface area contributed by atoms with E-state index in [9.17, 15) is 9.59 Å². The van der Waals surface area contributed by atoms with Gasteiger partial charge in [0.25, 0.3) is 5.91 Å². The maximum absolute atomic E-state index is 12.8. The first-order valence-electron chi connectivity index (χ1n) is 11.4. The minimum absolute atomic E-state index is 0.111. The Bertz CT molecular complexity index is 1370. The minimum Gasteiger partial charge on any atom is -0.497 e. The third-order valence-electron chi connectivity index (χ3n) is 5.48. The van der Waals surface area contributed by atoms with Crippen molar-refractivity contribution in [2.45, 2.75) is 30.9 Å². The van der Waals surface area contributed by atoms with E-state index in [1.165, 1.54) is 28.7 Å². The first kappa shape index (κ1) is 25.5. The SMILES string of the molecule is COc1cccc(C(=O)Nc2ccc(SC(C)C(=O)Nc3nc(-c4ccc(C)cc4)c(C)s3)cc2)c1. The number of aromatic nitrogens is 1. The molecule has 6 nitrogen and oxygen atoms in total. The lowest BCUT2D eigenvalue weighted by atomic mass is 10.1. The number of thioether (sulfide) groups is 1. The van der Waals surface area contributed by atoms with Crippen LogP contribution in [0.25, 0.3) is 11.3 Å². The molecule has 1 heterocycles. The number of rotatable bonds is 8. The maximum Gasteiger partial charge on any atom is 0.255 e. The van der Waals surface area contributed by atoms with E-state index in [2.05, 4.69) is 27.8 Å². The van der Waals surface area contributed by atoms with Crippen LogP contribution in [0, 0.1) is 13.8 Å². The second-order valence-electron chi connectivity index (χ2n) is 8.25. The van der Waals surface area contributed by atoms with Crippen molar-refractivity contribution >= 4 is 45.7 Å². The van der Waals surface area contributed by atoms with Gasteiger partial charge in [-0.05, 0) is 63.2 Å². The summed E-state index contributed by atoms with van der Waals surface area (Å²) in [4.78, 5) is 31.9. The number of amides is 2. The number of carbonyl (C=O) groups is 2. The van der Waals surface area contributed by atoms with Crippen molar-refractivity contribution in [3.63, 3.8) is 0 Å². The fourth-order valence-corrected chi connectivity index (χ4v) is 5.18. The molecule has 0 bridgehead atoms. The van der Waals surface area contributed by atoms with Gasteiger partial charge in [-0.15, -0.1) is 23.1 Å². The van der Waals surface area contributed by atoms with E-state index in [0.717, 1.165) is 21.0 Å². The topological polar surface area (TPSA) is 80.3 Å². The molecule has 0 aliphatic heterocycles. The molecular formula is C28H27N3O3S2. The van der Waals surface area contributed by atoms with E-state index >= 15 is 0 Å². The molecule has 0 saturated carbocycles. The molecule has 2 N–H and O–H groups in total. The summed E-state index contributed by atoms with van der Waals surface area (Å²) in [5, 5.41) is 6.10. The number of nitrogens with zero attached hydrogens (tertiary/aromatic N) is 1. The predicted molar refractivity (Wildman–Crippen MR) is 148 cm³/mol. The molecule has 1 atom stereocenters. The lowest BCUT2D eigenvalue weighted by molar-refractivity contribution is -0.115. The Hall–Kier alpha value is -3.62. The van der Waals surface area contributed by atoms with Crippen LogP contribution in [0.5, 0.6) is 5.75 Å². The Morgan fingerprint density at radius 2 is 1.69 bits per heavy atom. The van der Waals surface area contributed by atoms with E-state index in [1.807, 2.05) is 57.2 Å². The number of aryl methyl sites for hydroxylation is 2. The fraction of sp³-hybridized carbons (Fsp3) is 0.179. The van der Waals surface area contributed by atoms with E-state index in [0.29, 0.717) is 22.1 Å². The summed E-state index contributed by atoms with van der Waals surface area (Å²) in [6.07, 6.45) is 0. The van der Waals surface area contributed by atoms with Gasteiger partial charge < -0.3 is 15.4 Å². The van der Waals surface area contributed by atoms with Crippen molar-refractivity contribution in [1.82, 2.24) is 4.98 Å².